The Hall–Kier alpha value is -2.96. The summed E-state index contributed by atoms with van der Waals surface area (Å²) in [5, 5.41) is 0. The van der Waals surface area contributed by atoms with Crippen molar-refractivity contribution < 1.29 is 28.8 Å². The van der Waals surface area contributed by atoms with E-state index in [9.17, 15) is 28.8 Å². The average Bonchev–Trinajstić information content (AvgIpc) is 3.63. The summed E-state index contributed by atoms with van der Waals surface area (Å²) in [6.07, 6.45) is 13.6. The van der Waals surface area contributed by atoms with Crippen LogP contribution in [0.1, 0.15) is 182 Å². The van der Waals surface area contributed by atoms with Crippen LogP contribution in [0.15, 0.2) is 30.3 Å². The van der Waals surface area contributed by atoms with Crippen LogP contribution in [0.3, 0.4) is 0 Å². The maximum atomic E-state index is 14.1. The van der Waals surface area contributed by atoms with Crippen LogP contribution in [0.4, 0.5) is 0 Å². The molecule has 2 aliphatic rings. The van der Waals surface area contributed by atoms with Gasteiger partial charge in [-0.1, -0.05) is 150 Å². The summed E-state index contributed by atoms with van der Waals surface area (Å²) in [7, 11) is 0. The second-order valence-electron chi connectivity index (χ2n) is 17.3. The molecule has 53 heavy (non-hydrogen) atoms. The smallest absolute Gasteiger partial charge is 0.226 e. The molecule has 298 valence electrons. The lowest BCUT2D eigenvalue weighted by molar-refractivity contribution is -0.145. The van der Waals surface area contributed by atoms with Gasteiger partial charge in [0.2, 0.25) is 11.7 Å². The second-order valence-corrected chi connectivity index (χ2v) is 17.3. The molecule has 7 nitrogen and oxygen atoms in total. The first-order valence-electron chi connectivity index (χ1n) is 21.2. The molecule has 0 aromatic heterocycles. The molecule has 1 aliphatic carbocycles. The highest BCUT2D eigenvalue weighted by atomic mass is 16.2. The Balaban J connectivity index is 0.00000313. The lowest BCUT2D eigenvalue weighted by Gasteiger charge is -2.35. The van der Waals surface area contributed by atoms with Crippen molar-refractivity contribution in [3.05, 3.63) is 35.9 Å². The largest absolute Gasteiger partial charge is 0.332 e. The van der Waals surface area contributed by atoms with E-state index in [0.29, 0.717) is 25.8 Å². The number of nitrogens with zero attached hydrogens (tertiary/aromatic N) is 1. The van der Waals surface area contributed by atoms with Gasteiger partial charge in [0, 0.05) is 55.9 Å². The van der Waals surface area contributed by atoms with Crippen molar-refractivity contribution >= 4 is 34.8 Å². The van der Waals surface area contributed by atoms with Crippen LogP contribution in [0.5, 0.6) is 0 Å². The van der Waals surface area contributed by atoms with Gasteiger partial charge in [-0.15, -0.1) is 0 Å². The summed E-state index contributed by atoms with van der Waals surface area (Å²) in [5.74, 6) is -2.58. The molecule has 1 heterocycles. The number of benzene rings is 1. The monoisotopic (exact) mass is 736 g/mol. The number of unbranched alkanes of at least 4 members (excludes halogenated alkanes) is 1. The molecular weight excluding hydrogens is 663 g/mol. The van der Waals surface area contributed by atoms with Crippen LogP contribution >= 0.6 is 0 Å². The van der Waals surface area contributed by atoms with Crippen molar-refractivity contribution in [2.75, 3.05) is 6.54 Å². The Labute approximate surface area is 322 Å². The zero-order valence-corrected chi connectivity index (χ0v) is 34.7. The van der Waals surface area contributed by atoms with Gasteiger partial charge in [-0.3, -0.25) is 28.8 Å². The van der Waals surface area contributed by atoms with E-state index in [-0.39, 0.29) is 66.2 Å². The van der Waals surface area contributed by atoms with Crippen molar-refractivity contribution in [2.24, 2.45) is 29.1 Å². The number of carbonyl (C=O) groups excluding carboxylic acids is 6. The van der Waals surface area contributed by atoms with Crippen LogP contribution in [0.2, 0.25) is 0 Å². The number of hydrogen-bond acceptors (Lipinski definition) is 6. The normalized spacial score (nSPS) is 18.1. The average molecular weight is 736 g/mol. The third-order valence-corrected chi connectivity index (χ3v) is 11.3. The molecule has 7 heteroatoms. The minimum Gasteiger partial charge on any atom is -0.332 e. The van der Waals surface area contributed by atoms with Crippen molar-refractivity contribution in [1.29, 1.82) is 0 Å². The van der Waals surface area contributed by atoms with E-state index < -0.39 is 29.4 Å². The van der Waals surface area contributed by atoms with Gasteiger partial charge in [-0.05, 0) is 42.6 Å². The number of rotatable bonds is 21. The zero-order valence-electron chi connectivity index (χ0n) is 34.7. The third-order valence-electron chi connectivity index (χ3n) is 11.3. The molecule has 0 N–H and O–H groups in total. The van der Waals surface area contributed by atoms with E-state index in [1.165, 1.54) is 38.5 Å². The molecular formula is C46H73NO6. The molecule has 1 aromatic rings. The first kappa shape index (κ1) is 46.2. The minimum absolute atomic E-state index is 0.0120. The molecule has 1 aliphatic heterocycles. The van der Waals surface area contributed by atoms with Gasteiger partial charge in [0.05, 0.1) is 6.04 Å². The lowest BCUT2D eigenvalue weighted by Crippen LogP contribution is -2.47. The van der Waals surface area contributed by atoms with Gasteiger partial charge in [-0.2, -0.15) is 0 Å². The van der Waals surface area contributed by atoms with Gasteiger partial charge < -0.3 is 4.90 Å². The summed E-state index contributed by atoms with van der Waals surface area (Å²) in [6, 6.07) is 8.64. The molecule has 2 fully saturated rings. The van der Waals surface area contributed by atoms with E-state index in [1.54, 1.807) is 4.90 Å². The lowest BCUT2D eigenvalue weighted by atomic mass is 9.75. The number of ketones is 5. The van der Waals surface area contributed by atoms with E-state index >= 15 is 0 Å². The standard InChI is InChI=1S/C43H65NO6.C3H8/c1-7-8-20-33(41(49)38(46)26-25-34(45)29-35(40(48)30(2)3)32-21-13-10-14-22-32)28-39(47)37-24-16-27-44(37)42(50)36(43(4,5)6)23-15-19-31-17-11-9-12-18-31;1-3-2/h10,13-14,21-22,30-31,33,35-37H,7-9,11-12,15-20,23-29H2,1-6H3;3H2,1-2H3/t33?,35-,36+,37-;/m0./s1. The van der Waals surface area contributed by atoms with Crippen LogP contribution < -0.4 is 0 Å². The van der Waals surface area contributed by atoms with E-state index in [2.05, 4.69) is 34.6 Å². The highest BCUT2D eigenvalue weighted by Crippen LogP contribution is 2.37. The van der Waals surface area contributed by atoms with Crippen LogP contribution in [0, 0.1) is 29.1 Å². The predicted octanol–water partition coefficient (Wildman–Crippen LogP) is 10.5. The van der Waals surface area contributed by atoms with Crippen LogP contribution in [-0.2, 0) is 28.8 Å². The molecule has 1 unspecified atom stereocenters. The molecule has 4 atom stereocenters. The summed E-state index contributed by atoms with van der Waals surface area (Å²) in [5.41, 5.74) is 0.541. The highest BCUT2D eigenvalue weighted by Gasteiger charge is 2.42. The summed E-state index contributed by atoms with van der Waals surface area (Å²) in [6.45, 7) is 16.8. The van der Waals surface area contributed by atoms with Gasteiger partial charge in [-0.25, -0.2) is 0 Å². The predicted molar refractivity (Wildman–Crippen MR) is 215 cm³/mol. The first-order chi connectivity index (χ1) is 25.2. The SMILES string of the molecule is CCC.CCCCC(CC(=O)[C@@H]1CCCN1C(=O)[C@@H](CCCC1CCCCC1)C(C)(C)C)C(=O)C(=O)CCC(=O)C[C@H](C(=O)C(C)C)c1ccccc1. The van der Waals surface area contributed by atoms with Gasteiger partial charge in [0.25, 0.3) is 0 Å². The summed E-state index contributed by atoms with van der Waals surface area (Å²) >= 11 is 0. The highest BCUT2D eigenvalue weighted by molar-refractivity contribution is 6.38. The van der Waals surface area contributed by atoms with Crippen molar-refractivity contribution in [2.45, 2.75) is 183 Å². The quantitative estimate of drug-likeness (QED) is 0.116. The van der Waals surface area contributed by atoms with Gasteiger partial charge in [0.15, 0.2) is 11.6 Å². The van der Waals surface area contributed by atoms with Crippen molar-refractivity contribution in [3.8, 4) is 0 Å². The van der Waals surface area contributed by atoms with Crippen molar-refractivity contribution in [3.63, 3.8) is 0 Å². The Bertz CT molecular complexity index is 1300. The molecule has 0 bridgehead atoms. The first-order valence-corrected chi connectivity index (χ1v) is 21.2. The number of Topliss-reactive ketones (excluding diaryl/α,β-unsaturated/α-hetero) is 5. The summed E-state index contributed by atoms with van der Waals surface area (Å²) in [4.78, 5) is 82.4. The maximum absolute atomic E-state index is 14.1. The Morgan fingerprint density at radius 1 is 0.792 bits per heavy atom. The third kappa shape index (κ3) is 15.4. The topological polar surface area (TPSA) is 106 Å². The Morgan fingerprint density at radius 3 is 2.02 bits per heavy atom. The fraction of sp³-hybridized carbons (Fsp3) is 0.739. The molecule has 1 saturated heterocycles. The number of likely N-dealkylation sites (tertiary alicyclic amines) is 1. The number of hydrogen-bond donors (Lipinski definition) is 0. The number of carbonyl (C=O) groups is 6. The Morgan fingerprint density at radius 2 is 1.43 bits per heavy atom. The maximum Gasteiger partial charge on any atom is 0.226 e. The van der Waals surface area contributed by atoms with Gasteiger partial charge in [0.1, 0.15) is 11.6 Å². The van der Waals surface area contributed by atoms with Gasteiger partial charge >= 0.3 is 0 Å². The minimum atomic E-state index is -0.754. The molecule has 1 aromatic carbocycles. The number of amides is 1. The fourth-order valence-electron chi connectivity index (χ4n) is 8.14. The molecule has 0 spiro atoms. The Kier molecular flexibility index (Phi) is 20.7. The second kappa shape index (κ2) is 23.7. The fourth-order valence-corrected chi connectivity index (χ4v) is 8.14. The summed E-state index contributed by atoms with van der Waals surface area (Å²) < 4.78 is 0. The van der Waals surface area contributed by atoms with E-state index in [0.717, 1.165) is 43.6 Å². The van der Waals surface area contributed by atoms with Crippen molar-refractivity contribution in [1.82, 2.24) is 4.90 Å². The molecule has 0 radical (unpaired) electrons. The molecule has 1 saturated carbocycles. The van der Waals surface area contributed by atoms with Crippen LogP contribution in [-0.4, -0.2) is 52.3 Å². The zero-order chi connectivity index (χ0) is 39.6. The molecule has 3 rings (SSSR count). The van der Waals surface area contributed by atoms with Crippen LogP contribution in [0.25, 0.3) is 0 Å². The van der Waals surface area contributed by atoms with E-state index in [4.69, 9.17) is 0 Å². The molecule has 1 amide bonds. The van der Waals surface area contributed by atoms with E-state index in [1.807, 2.05) is 51.1 Å².